The van der Waals surface area contributed by atoms with Crippen molar-refractivity contribution in [2.24, 2.45) is 0 Å². The molecule has 7 nitrogen and oxygen atoms in total. The van der Waals surface area contributed by atoms with Crippen molar-refractivity contribution >= 4 is 17.7 Å². The van der Waals surface area contributed by atoms with E-state index in [9.17, 15) is 9.90 Å². The van der Waals surface area contributed by atoms with Gasteiger partial charge in [-0.2, -0.15) is 0 Å². The Bertz CT molecular complexity index is 588. The van der Waals surface area contributed by atoms with E-state index >= 15 is 0 Å². The summed E-state index contributed by atoms with van der Waals surface area (Å²) < 4.78 is 1.70. The van der Waals surface area contributed by atoms with Crippen LogP contribution in [0, 0.1) is 0 Å². The second-order valence-corrected chi connectivity index (χ2v) is 4.98. The molecule has 0 amide bonds. The Morgan fingerprint density at radius 2 is 2.25 bits per heavy atom. The Labute approximate surface area is 119 Å². The Hall–Kier alpha value is -1.93. The van der Waals surface area contributed by atoms with Crippen molar-refractivity contribution in [1.29, 1.82) is 0 Å². The fourth-order valence-electron chi connectivity index (χ4n) is 1.78. The zero-order chi connectivity index (χ0) is 14.5. The molecular weight excluding hydrogens is 280 g/mol. The van der Waals surface area contributed by atoms with Gasteiger partial charge in [0.05, 0.1) is 17.5 Å². The molecule has 0 radical (unpaired) electrons. The van der Waals surface area contributed by atoms with E-state index in [1.165, 1.54) is 0 Å². The summed E-state index contributed by atoms with van der Waals surface area (Å²) in [7, 11) is 0. The van der Waals surface area contributed by atoms with Crippen molar-refractivity contribution in [1.82, 2.24) is 19.7 Å². The third-order valence-electron chi connectivity index (χ3n) is 2.70. The van der Waals surface area contributed by atoms with E-state index in [0.29, 0.717) is 11.0 Å². The van der Waals surface area contributed by atoms with Gasteiger partial charge in [-0.3, -0.25) is 14.3 Å². The number of aromatic nitrogens is 4. The molecule has 1 unspecified atom stereocenters. The van der Waals surface area contributed by atoms with Gasteiger partial charge in [0, 0.05) is 6.20 Å². The Balaban J connectivity index is 2.33. The molecule has 2 aromatic rings. The second kappa shape index (κ2) is 6.49. The van der Waals surface area contributed by atoms with Crippen molar-refractivity contribution in [3.05, 3.63) is 35.9 Å². The Morgan fingerprint density at radius 3 is 2.85 bits per heavy atom. The fourth-order valence-corrected chi connectivity index (χ4v) is 2.54. The van der Waals surface area contributed by atoms with Crippen LogP contribution >= 0.6 is 11.8 Å². The standard InChI is InChI=1S/C12H14N4O3S/c1-8(9-4-2-3-5-13-9)16-10(6-17)14-15-12(16)20-7-11(18)19/h2-5,8,17H,6-7H2,1H3,(H,18,19). The lowest BCUT2D eigenvalue weighted by atomic mass is 10.2. The number of pyridine rings is 1. The maximum atomic E-state index is 10.7. The monoisotopic (exact) mass is 294 g/mol. The van der Waals surface area contributed by atoms with Crippen LogP contribution in [0.3, 0.4) is 0 Å². The van der Waals surface area contributed by atoms with Crippen molar-refractivity contribution in [2.75, 3.05) is 5.75 Å². The summed E-state index contributed by atoms with van der Waals surface area (Å²) in [6.07, 6.45) is 1.68. The van der Waals surface area contributed by atoms with Crippen molar-refractivity contribution in [2.45, 2.75) is 24.7 Å². The predicted octanol–water partition coefficient (Wildman–Crippen LogP) is 0.951. The minimum Gasteiger partial charge on any atom is -0.481 e. The summed E-state index contributed by atoms with van der Waals surface area (Å²) in [5, 5.41) is 26.3. The topological polar surface area (TPSA) is 101 Å². The molecule has 0 aliphatic heterocycles. The van der Waals surface area contributed by atoms with Gasteiger partial charge in [0.2, 0.25) is 0 Å². The molecule has 0 spiro atoms. The van der Waals surface area contributed by atoms with Gasteiger partial charge < -0.3 is 10.2 Å². The van der Waals surface area contributed by atoms with Crippen molar-refractivity contribution in [3.63, 3.8) is 0 Å². The molecule has 2 aromatic heterocycles. The molecule has 0 saturated heterocycles. The van der Waals surface area contributed by atoms with Crippen LogP contribution in [0.1, 0.15) is 24.5 Å². The molecule has 20 heavy (non-hydrogen) atoms. The highest BCUT2D eigenvalue weighted by Gasteiger charge is 2.20. The van der Waals surface area contributed by atoms with Crippen LogP contribution in [0.25, 0.3) is 0 Å². The van der Waals surface area contributed by atoms with Crippen LogP contribution in [0.4, 0.5) is 0 Å². The highest BCUT2D eigenvalue weighted by molar-refractivity contribution is 7.99. The Morgan fingerprint density at radius 1 is 1.45 bits per heavy atom. The minimum atomic E-state index is -0.930. The van der Waals surface area contributed by atoms with E-state index in [1.807, 2.05) is 25.1 Å². The Kier molecular flexibility index (Phi) is 4.70. The second-order valence-electron chi connectivity index (χ2n) is 4.04. The van der Waals surface area contributed by atoms with E-state index in [0.717, 1.165) is 17.5 Å². The number of carboxylic acids is 1. The van der Waals surface area contributed by atoms with Crippen LogP contribution in [0.15, 0.2) is 29.6 Å². The first-order valence-corrected chi connectivity index (χ1v) is 6.92. The highest BCUT2D eigenvalue weighted by atomic mass is 32.2. The highest BCUT2D eigenvalue weighted by Crippen LogP contribution is 2.25. The van der Waals surface area contributed by atoms with Gasteiger partial charge in [0.15, 0.2) is 11.0 Å². The smallest absolute Gasteiger partial charge is 0.313 e. The molecule has 0 aromatic carbocycles. The van der Waals surface area contributed by atoms with Crippen LogP contribution in [-0.4, -0.2) is 41.7 Å². The lowest BCUT2D eigenvalue weighted by Gasteiger charge is -2.16. The summed E-state index contributed by atoms with van der Waals surface area (Å²) in [6.45, 7) is 1.63. The number of hydrogen-bond donors (Lipinski definition) is 2. The third kappa shape index (κ3) is 3.14. The van der Waals surface area contributed by atoms with E-state index in [-0.39, 0.29) is 18.4 Å². The summed E-state index contributed by atoms with van der Waals surface area (Å²) in [5.41, 5.74) is 0.791. The zero-order valence-electron chi connectivity index (χ0n) is 10.8. The van der Waals surface area contributed by atoms with Gasteiger partial charge in [-0.15, -0.1) is 10.2 Å². The van der Waals surface area contributed by atoms with Crippen molar-refractivity contribution in [3.8, 4) is 0 Å². The zero-order valence-corrected chi connectivity index (χ0v) is 11.6. The van der Waals surface area contributed by atoms with Crippen LogP contribution in [0.5, 0.6) is 0 Å². The van der Waals surface area contributed by atoms with Gasteiger partial charge >= 0.3 is 5.97 Å². The molecular formula is C12H14N4O3S. The molecule has 0 aliphatic rings. The van der Waals surface area contributed by atoms with Crippen LogP contribution < -0.4 is 0 Å². The summed E-state index contributed by atoms with van der Waals surface area (Å²) in [5.74, 6) is -0.657. The van der Waals surface area contributed by atoms with Gasteiger partial charge in [-0.1, -0.05) is 17.8 Å². The third-order valence-corrected chi connectivity index (χ3v) is 3.63. The lowest BCUT2D eigenvalue weighted by molar-refractivity contribution is -0.133. The average molecular weight is 294 g/mol. The quantitative estimate of drug-likeness (QED) is 0.765. The number of thioether (sulfide) groups is 1. The first-order chi connectivity index (χ1) is 9.63. The average Bonchev–Trinajstić information content (AvgIpc) is 2.88. The summed E-state index contributed by atoms with van der Waals surface area (Å²) >= 11 is 1.07. The molecule has 106 valence electrons. The predicted molar refractivity (Wildman–Crippen MR) is 72.4 cm³/mol. The number of hydrogen-bond acceptors (Lipinski definition) is 6. The molecule has 2 N–H and O–H groups in total. The molecule has 0 bridgehead atoms. The van der Waals surface area contributed by atoms with Crippen molar-refractivity contribution < 1.29 is 15.0 Å². The molecule has 0 fully saturated rings. The number of aliphatic hydroxyl groups excluding tert-OH is 1. The van der Waals surface area contributed by atoms with Gasteiger partial charge in [0.25, 0.3) is 0 Å². The summed E-state index contributed by atoms with van der Waals surface area (Å²) in [6, 6.07) is 5.35. The maximum Gasteiger partial charge on any atom is 0.313 e. The lowest BCUT2D eigenvalue weighted by Crippen LogP contribution is -2.14. The minimum absolute atomic E-state index is 0.113. The normalized spacial score (nSPS) is 12.3. The summed E-state index contributed by atoms with van der Waals surface area (Å²) in [4.78, 5) is 14.9. The number of rotatable bonds is 6. The van der Waals surface area contributed by atoms with E-state index in [4.69, 9.17) is 5.11 Å². The largest absolute Gasteiger partial charge is 0.481 e. The van der Waals surface area contributed by atoms with E-state index in [1.54, 1.807) is 10.8 Å². The molecule has 2 heterocycles. The SMILES string of the molecule is CC(c1ccccn1)n1c(CO)nnc1SCC(=O)O. The van der Waals surface area contributed by atoms with Gasteiger partial charge in [0.1, 0.15) is 6.61 Å². The molecule has 1 atom stereocenters. The van der Waals surface area contributed by atoms with Crippen LogP contribution in [-0.2, 0) is 11.4 Å². The molecule has 0 aliphatic carbocycles. The number of aliphatic carboxylic acids is 1. The first kappa shape index (κ1) is 14.5. The van der Waals surface area contributed by atoms with E-state index < -0.39 is 5.97 Å². The molecule has 2 rings (SSSR count). The maximum absolute atomic E-state index is 10.7. The van der Waals surface area contributed by atoms with Gasteiger partial charge in [-0.05, 0) is 19.1 Å². The fraction of sp³-hybridized carbons (Fsp3) is 0.333. The number of carbonyl (C=O) groups is 1. The van der Waals surface area contributed by atoms with Gasteiger partial charge in [-0.25, -0.2) is 0 Å². The molecule has 0 saturated carbocycles. The molecule has 8 heteroatoms. The number of carboxylic acid groups (broad SMARTS) is 1. The number of nitrogens with zero attached hydrogens (tertiary/aromatic N) is 4. The van der Waals surface area contributed by atoms with Crippen LogP contribution in [0.2, 0.25) is 0 Å². The van der Waals surface area contributed by atoms with E-state index in [2.05, 4.69) is 15.2 Å². The first-order valence-electron chi connectivity index (χ1n) is 5.93. The number of aliphatic hydroxyl groups is 1.